The first kappa shape index (κ1) is 19.9. The molecule has 4 nitrogen and oxygen atoms in total. The molecule has 0 aliphatic carbocycles. The Kier molecular flexibility index (Phi) is 7.60. The molecule has 0 atom stereocenters. The van der Waals surface area contributed by atoms with E-state index in [0.29, 0.717) is 25.1 Å². The highest BCUT2D eigenvalue weighted by atomic mass is 19.1. The van der Waals surface area contributed by atoms with Crippen LogP contribution in [0.25, 0.3) is 0 Å². The van der Waals surface area contributed by atoms with E-state index < -0.39 is 0 Å². The number of nitrogens with one attached hydrogen (secondary N) is 1. The van der Waals surface area contributed by atoms with Gasteiger partial charge < -0.3 is 10.2 Å². The van der Waals surface area contributed by atoms with Gasteiger partial charge in [0.15, 0.2) is 0 Å². The summed E-state index contributed by atoms with van der Waals surface area (Å²) < 4.78 is 13.6. The fourth-order valence-electron chi connectivity index (χ4n) is 2.73. The van der Waals surface area contributed by atoms with E-state index in [2.05, 4.69) is 39.4 Å². The van der Waals surface area contributed by atoms with Gasteiger partial charge in [-0.05, 0) is 42.3 Å². The maximum Gasteiger partial charge on any atom is 0.234 e. The summed E-state index contributed by atoms with van der Waals surface area (Å²) in [6, 6.07) is 15.0. The summed E-state index contributed by atoms with van der Waals surface area (Å²) >= 11 is 0. The Labute approximate surface area is 155 Å². The van der Waals surface area contributed by atoms with Crippen molar-refractivity contribution in [2.75, 3.05) is 38.6 Å². The van der Waals surface area contributed by atoms with Gasteiger partial charge in [0.2, 0.25) is 5.91 Å². The lowest BCUT2D eigenvalue weighted by molar-refractivity contribution is -0.122. The van der Waals surface area contributed by atoms with E-state index in [4.69, 9.17) is 0 Å². The first-order valence-corrected chi connectivity index (χ1v) is 8.98. The van der Waals surface area contributed by atoms with Crippen LogP contribution in [0.5, 0.6) is 0 Å². The van der Waals surface area contributed by atoms with Crippen LogP contribution in [0.4, 0.5) is 10.1 Å². The third kappa shape index (κ3) is 6.15. The Morgan fingerprint density at radius 1 is 1.08 bits per heavy atom. The fourth-order valence-corrected chi connectivity index (χ4v) is 2.73. The Bertz CT molecular complexity index is 701. The lowest BCUT2D eigenvalue weighted by Crippen LogP contribution is -2.37. The Hall–Kier alpha value is -2.40. The molecular formula is C21H28FN3O. The van der Waals surface area contributed by atoms with E-state index >= 15 is 0 Å². The second kappa shape index (κ2) is 9.92. The van der Waals surface area contributed by atoms with Crippen molar-refractivity contribution in [2.45, 2.75) is 19.9 Å². The highest BCUT2D eigenvalue weighted by Crippen LogP contribution is 2.13. The summed E-state index contributed by atoms with van der Waals surface area (Å²) in [6.07, 6.45) is 0.497. The monoisotopic (exact) mass is 357 g/mol. The van der Waals surface area contributed by atoms with Crippen LogP contribution in [0.1, 0.15) is 18.1 Å². The largest absolute Gasteiger partial charge is 0.378 e. The van der Waals surface area contributed by atoms with Crippen LogP contribution in [0, 0.1) is 5.82 Å². The number of likely N-dealkylation sites (N-methyl/N-ethyl adjacent to an activating group) is 1. The molecule has 140 valence electrons. The lowest BCUT2D eigenvalue weighted by Gasteiger charge is -2.20. The van der Waals surface area contributed by atoms with Gasteiger partial charge in [0.1, 0.15) is 5.82 Å². The fraction of sp³-hybridized carbons (Fsp3) is 0.381. The molecule has 5 heteroatoms. The molecule has 2 rings (SSSR count). The van der Waals surface area contributed by atoms with Crippen LogP contribution < -0.4 is 10.2 Å². The van der Waals surface area contributed by atoms with Crippen molar-refractivity contribution in [1.82, 2.24) is 10.2 Å². The topological polar surface area (TPSA) is 35.6 Å². The minimum Gasteiger partial charge on any atom is -0.378 e. The number of carbonyl (C=O) groups is 1. The van der Waals surface area contributed by atoms with E-state index in [-0.39, 0.29) is 11.7 Å². The average molecular weight is 357 g/mol. The van der Waals surface area contributed by atoms with E-state index in [1.165, 1.54) is 11.6 Å². The summed E-state index contributed by atoms with van der Waals surface area (Å²) in [5.74, 6) is -0.258. The van der Waals surface area contributed by atoms with Gasteiger partial charge in [-0.3, -0.25) is 9.69 Å². The van der Waals surface area contributed by atoms with Crippen LogP contribution >= 0.6 is 0 Å². The molecule has 0 saturated heterocycles. The molecule has 1 N–H and O–H groups in total. The van der Waals surface area contributed by atoms with E-state index in [1.54, 1.807) is 18.2 Å². The highest BCUT2D eigenvalue weighted by Gasteiger charge is 2.10. The molecule has 0 heterocycles. The van der Waals surface area contributed by atoms with Crippen molar-refractivity contribution in [3.63, 3.8) is 0 Å². The number of hydrogen-bond acceptors (Lipinski definition) is 3. The third-order valence-corrected chi connectivity index (χ3v) is 4.35. The first-order chi connectivity index (χ1) is 12.5. The molecule has 0 unspecified atom stereocenters. The van der Waals surface area contributed by atoms with Crippen molar-refractivity contribution in [2.24, 2.45) is 0 Å². The highest BCUT2D eigenvalue weighted by molar-refractivity contribution is 5.78. The predicted octanol–water partition coefficient (Wildman–Crippen LogP) is 3.07. The third-order valence-electron chi connectivity index (χ3n) is 4.35. The number of nitrogens with zero attached hydrogens (tertiary/aromatic N) is 2. The zero-order chi connectivity index (χ0) is 18.9. The number of benzene rings is 2. The van der Waals surface area contributed by atoms with E-state index in [9.17, 15) is 9.18 Å². The van der Waals surface area contributed by atoms with Crippen LogP contribution in [0.3, 0.4) is 0 Å². The van der Waals surface area contributed by atoms with Gasteiger partial charge >= 0.3 is 0 Å². The minimum atomic E-state index is -0.224. The zero-order valence-corrected chi connectivity index (χ0v) is 15.8. The number of hydrogen-bond donors (Lipinski definition) is 1. The second-order valence-corrected chi connectivity index (χ2v) is 6.56. The maximum absolute atomic E-state index is 13.6. The summed E-state index contributed by atoms with van der Waals surface area (Å²) in [5.41, 5.74) is 2.96. The smallest absolute Gasteiger partial charge is 0.234 e. The molecule has 0 aromatic heterocycles. The molecule has 2 aromatic rings. The van der Waals surface area contributed by atoms with Gasteiger partial charge in [-0.25, -0.2) is 4.39 Å². The molecule has 0 fully saturated rings. The minimum absolute atomic E-state index is 0.0342. The Morgan fingerprint density at radius 2 is 1.77 bits per heavy atom. The number of amides is 1. The SMILES string of the molecule is CCN(CC(=O)NCCc1ccccc1F)Cc1ccc(N(C)C)cc1. The number of carbonyl (C=O) groups excluding carboxylic acids is 1. The maximum atomic E-state index is 13.6. The van der Waals surface area contributed by atoms with Gasteiger partial charge in [-0.1, -0.05) is 37.3 Å². The van der Waals surface area contributed by atoms with Gasteiger partial charge in [0.05, 0.1) is 6.54 Å². The van der Waals surface area contributed by atoms with Crippen molar-refractivity contribution in [3.8, 4) is 0 Å². The molecule has 26 heavy (non-hydrogen) atoms. The summed E-state index contributed by atoms with van der Waals surface area (Å²) in [7, 11) is 4.03. The summed E-state index contributed by atoms with van der Waals surface area (Å²) in [4.78, 5) is 16.3. The molecule has 0 spiro atoms. The van der Waals surface area contributed by atoms with E-state index in [0.717, 1.165) is 18.8 Å². The molecule has 2 aromatic carbocycles. The second-order valence-electron chi connectivity index (χ2n) is 6.56. The Balaban J connectivity index is 1.79. The molecule has 0 aliphatic heterocycles. The lowest BCUT2D eigenvalue weighted by atomic mass is 10.1. The first-order valence-electron chi connectivity index (χ1n) is 8.98. The van der Waals surface area contributed by atoms with Gasteiger partial charge in [-0.2, -0.15) is 0 Å². The number of anilines is 1. The van der Waals surface area contributed by atoms with Gasteiger partial charge in [-0.15, -0.1) is 0 Å². The Morgan fingerprint density at radius 3 is 2.38 bits per heavy atom. The molecular weight excluding hydrogens is 329 g/mol. The van der Waals surface area contributed by atoms with Crippen molar-refractivity contribution >= 4 is 11.6 Å². The van der Waals surface area contributed by atoms with Crippen LogP contribution in [-0.4, -0.2) is 44.5 Å². The normalized spacial score (nSPS) is 10.8. The summed E-state index contributed by atoms with van der Waals surface area (Å²) in [6.45, 7) is 4.33. The quantitative estimate of drug-likeness (QED) is 0.749. The predicted molar refractivity (Wildman–Crippen MR) is 105 cm³/mol. The zero-order valence-electron chi connectivity index (χ0n) is 15.8. The molecule has 0 radical (unpaired) electrons. The number of rotatable bonds is 9. The van der Waals surface area contributed by atoms with Crippen LogP contribution in [0.2, 0.25) is 0 Å². The van der Waals surface area contributed by atoms with Gasteiger partial charge in [0.25, 0.3) is 0 Å². The van der Waals surface area contributed by atoms with E-state index in [1.807, 2.05) is 21.0 Å². The summed E-state index contributed by atoms with van der Waals surface area (Å²) in [5, 5.41) is 2.88. The number of halogens is 1. The molecule has 0 saturated carbocycles. The van der Waals surface area contributed by atoms with Gasteiger partial charge in [0, 0.05) is 32.9 Å². The standard InChI is InChI=1S/C21H28FN3O/c1-4-25(15-17-9-11-19(12-10-17)24(2)3)16-21(26)23-14-13-18-7-5-6-8-20(18)22/h5-12H,4,13-16H2,1-3H3,(H,23,26). The van der Waals surface area contributed by atoms with Crippen LogP contribution in [-0.2, 0) is 17.8 Å². The van der Waals surface area contributed by atoms with Crippen molar-refractivity contribution in [1.29, 1.82) is 0 Å². The average Bonchev–Trinajstić information content (AvgIpc) is 2.63. The molecule has 1 amide bonds. The van der Waals surface area contributed by atoms with Crippen LogP contribution in [0.15, 0.2) is 48.5 Å². The molecule has 0 aliphatic rings. The van der Waals surface area contributed by atoms with Crippen molar-refractivity contribution in [3.05, 3.63) is 65.5 Å². The van der Waals surface area contributed by atoms with Crippen molar-refractivity contribution < 1.29 is 9.18 Å². The molecule has 0 bridgehead atoms.